The average molecular weight is 330 g/mol. The van der Waals surface area contributed by atoms with E-state index in [0.29, 0.717) is 12.4 Å². The summed E-state index contributed by atoms with van der Waals surface area (Å²) in [5, 5.41) is 0. The molecule has 0 atom stereocenters. The zero-order valence-corrected chi connectivity index (χ0v) is 14.8. The van der Waals surface area contributed by atoms with Crippen molar-refractivity contribution in [3.8, 4) is 11.5 Å². The van der Waals surface area contributed by atoms with Crippen LogP contribution in [-0.4, -0.2) is 12.6 Å². The van der Waals surface area contributed by atoms with Crippen LogP contribution >= 0.6 is 0 Å². The number of rotatable bonds is 9. The lowest BCUT2D eigenvalue weighted by Gasteiger charge is -2.27. The summed E-state index contributed by atoms with van der Waals surface area (Å²) in [6.07, 6.45) is 10.7. The molecule has 0 heterocycles. The Morgan fingerprint density at radius 3 is 2.46 bits per heavy atom. The van der Waals surface area contributed by atoms with Crippen molar-refractivity contribution >= 4 is 5.97 Å². The number of allylic oxidation sites excluding steroid dienone is 1. The number of hydrogen-bond donors (Lipinski definition) is 0. The fraction of sp³-hybridized carbons (Fsp3) is 0.571. The molecular weight excluding hydrogens is 300 g/mol. The zero-order chi connectivity index (χ0) is 17.2. The first-order chi connectivity index (χ1) is 11.7. The van der Waals surface area contributed by atoms with Gasteiger partial charge in [-0.15, -0.1) is 6.58 Å². The van der Waals surface area contributed by atoms with Crippen LogP contribution in [0.4, 0.5) is 0 Å². The van der Waals surface area contributed by atoms with Gasteiger partial charge in [-0.2, -0.15) is 0 Å². The third kappa shape index (κ3) is 6.03. The van der Waals surface area contributed by atoms with Crippen molar-refractivity contribution in [3.63, 3.8) is 0 Å². The molecule has 0 unspecified atom stereocenters. The highest BCUT2D eigenvalue weighted by atomic mass is 16.5. The number of ether oxygens (including phenoxy) is 2. The van der Waals surface area contributed by atoms with E-state index < -0.39 is 0 Å². The van der Waals surface area contributed by atoms with Gasteiger partial charge in [0.1, 0.15) is 11.5 Å². The maximum absolute atomic E-state index is 12.3. The van der Waals surface area contributed by atoms with Crippen molar-refractivity contribution in [3.05, 3.63) is 36.9 Å². The maximum atomic E-state index is 12.3. The number of benzene rings is 1. The largest absolute Gasteiger partial charge is 0.494 e. The molecule has 0 radical (unpaired) electrons. The second-order valence-electron chi connectivity index (χ2n) is 6.68. The normalized spacial score (nSPS) is 20.4. The predicted octanol–water partition coefficient (Wildman–Crippen LogP) is 5.54. The van der Waals surface area contributed by atoms with Gasteiger partial charge in [0.15, 0.2) is 0 Å². The Hall–Kier alpha value is -1.77. The van der Waals surface area contributed by atoms with Gasteiger partial charge in [0.05, 0.1) is 12.5 Å². The van der Waals surface area contributed by atoms with E-state index >= 15 is 0 Å². The van der Waals surface area contributed by atoms with Gasteiger partial charge in [0, 0.05) is 0 Å². The molecule has 1 aromatic carbocycles. The fourth-order valence-electron chi connectivity index (χ4n) is 3.26. The van der Waals surface area contributed by atoms with Gasteiger partial charge in [0.2, 0.25) is 0 Å². The standard InChI is InChI=1S/C21H30O3/c1-3-5-6-7-17-8-10-18(11-9-17)21(22)24-20-14-12-19(13-15-20)23-16-4-2/h3,12-15,17-18H,1,4-11,16H2,2H3/t17-,18-. The third-order valence-electron chi connectivity index (χ3n) is 4.72. The summed E-state index contributed by atoms with van der Waals surface area (Å²) in [5.41, 5.74) is 0. The molecular formula is C21H30O3. The Morgan fingerprint density at radius 1 is 1.17 bits per heavy atom. The van der Waals surface area contributed by atoms with Gasteiger partial charge in [0.25, 0.3) is 0 Å². The molecule has 0 amide bonds. The molecule has 0 spiro atoms. The number of hydrogen-bond acceptors (Lipinski definition) is 3. The molecule has 132 valence electrons. The summed E-state index contributed by atoms with van der Waals surface area (Å²) in [6.45, 7) is 6.55. The lowest BCUT2D eigenvalue weighted by atomic mass is 9.80. The van der Waals surface area contributed by atoms with Crippen LogP contribution in [0.25, 0.3) is 0 Å². The Bertz CT molecular complexity index is 498. The molecule has 0 aromatic heterocycles. The molecule has 0 saturated heterocycles. The highest BCUT2D eigenvalue weighted by Crippen LogP contribution is 2.33. The monoisotopic (exact) mass is 330 g/mol. The minimum atomic E-state index is -0.0817. The molecule has 1 aliphatic carbocycles. The number of carbonyl (C=O) groups excluding carboxylic acids is 1. The third-order valence-corrected chi connectivity index (χ3v) is 4.72. The molecule has 1 fully saturated rings. The molecule has 24 heavy (non-hydrogen) atoms. The van der Waals surface area contributed by atoms with Crippen LogP contribution in [0.1, 0.15) is 58.3 Å². The summed E-state index contributed by atoms with van der Waals surface area (Å²) < 4.78 is 11.1. The Morgan fingerprint density at radius 2 is 1.83 bits per heavy atom. The first-order valence-corrected chi connectivity index (χ1v) is 9.28. The zero-order valence-electron chi connectivity index (χ0n) is 14.8. The quantitative estimate of drug-likeness (QED) is 0.258. The van der Waals surface area contributed by atoms with Crippen molar-refractivity contribution in [1.82, 2.24) is 0 Å². The van der Waals surface area contributed by atoms with E-state index in [1.807, 2.05) is 30.3 Å². The van der Waals surface area contributed by atoms with E-state index in [1.165, 1.54) is 12.8 Å². The second-order valence-corrected chi connectivity index (χ2v) is 6.68. The molecule has 3 heteroatoms. The van der Waals surface area contributed by atoms with E-state index in [2.05, 4.69) is 13.5 Å². The van der Waals surface area contributed by atoms with Crippen molar-refractivity contribution in [2.24, 2.45) is 11.8 Å². The highest BCUT2D eigenvalue weighted by molar-refractivity contribution is 5.75. The lowest BCUT2D eigenvalue weighted by molar-refractivity contribution is -0.140. The van der Waals surface area contributed by atoms with Crippen molar-refractivity contribution < 1.29 is 14.3 Å². The summed E-state index contributed by atoms with van der Waals surface area (Å²) >= 11 is 0. The van der Waals surface area contributed by atoms with E-state index in [1.54, 1.807) is 0 Å². The highest BCUT2D eigenvalue weighted by Gasteiger charge is 2.27. The Balaban J connectivity index is 1.74. The summed E-state index contributed by atoms with van der Waals surface area (Å²) in [7, 11) is 0. The molecule has 1 aromatic rings. The molecule has 2 rings (SSSR count). The van der Waals surface area contributed by atoms with Crippen LogP contribution < -0.4 is 9.47 Å². The van der Waals surface area contributed by atoms with E-state index in [9.17, 15) is 4.79 Å². The lowest BCUT2D eigenvalue weighted by Crippen LogP contribution is -2.25. The Kier molecular flexibility index (Phi) is 7.87. The summed E-state index contributed by atoms with van der Waals surface area (Å²) in [6, 6.07) is 7.33. The van der Waals surface area contributed by atoms with E-state index in [-0.39, 0.29) is 11.9 Å². The van der Waals surface area contributed by atoms with Crippen molar-refractivity contribution in [2.45, 2.75) is 58.3 Å². The number of carbonyl (C=O) groups is 1. The first-order valence-electron chi connectivity index (χ1n) is 9.28. The van der Waals surface area contributed by atoms with Crippen LogP contribution in [-0.2, 0) is 4.79 Å². The number of esters is 1. The van der Waals surface area contributed by atoms with Crippen molar-refractivity contribution in [1.29, 1.82) is 0 Å². The number of unbranched alkanes of at least 4 members (excludes halogenated alkanes) is 1. The smallest absolute Gasteiger partial charge is 0.314 e. The average Bonchev–Trinajstić information content (AvgIpc) is 2.62. The summed E-state index contributed by atoms with van der Waals surface area (Å²) in [4.78, 5) is 12.3. The predicted molar refractivity (Wildman–Crippen MR) is 97.4 cm³/mol. The topological polar surface area (TPSA) is 35.5 Å². The fourth-order valence-corrected chi connectivity index (χ4v) is 3.26. The molecule has 3 nitrogen and oxygen atoms in total. The van der Waals surface area contributed by atoms with Gasteiger partial charge < -0.3 is 9.47 Å². The minimum absolute atomic E-state index is 0.0525. The van der Waals surface area contributed by atoms with E-state index in [0.717, 1.165) is 50.2 Å². The maximum Gasteiger partial charge on any atom is 0.314 e. The van der Waals surface area contributed by atoms with Gasteiger partial charge >= 0.3 is 5.97 Å². The van der Waals surface area contributed by atoms with Crippen LogP contribution in [0.3, 0.4) is 0 Å². The van der Waals surface area contributed by atoms with Crippen molar-refractivity contribution in [2.75, 3.05) is 6.61 Å². The molecule has 0 N–H and O–H groups in total. The minimum Gasteiger partial charge on any atom is -0.494 e. The van der Waals surface area contributed by atoms with Crippen LogP contribution in [0.2, 0.25) is 0 Å². The van der Waals surface area contributed by atoms with Crippen LogP contribution in [0.5, 0.6) is 11.5 Å². The molecule has 1 aliphatic rings. The second kappa shape index (κ2) is 10.2. The van der Waals surface area contributed by atoms with Crippen LogP contribution in [0.15, 0.2) is 36.9 Å². The molecule has 0 aliphatic heterocycles. The van der Waals surface area contributed by atoms with Crippen LogP contribution in [0, 0.1) is 11.8 Å². The van der Waals surface area contributed by atoms with Gasteiger partial charge in [-0.05, 0) is 75.1 Å². The molecule has 1 saturated carbocycles. The summed E-state index contributed by atoms with van der Waals surface area (Å²) in [5.74, 6) is 2.16. The van der Waals surface area contributed by atoms with E-state index in [4.69, 9.17) is 9.47 Å². The SMILES string of the molecule is C=CCCC[C@H]1CC[C@H](C(=O)Oc2ccc(OCCC)cc2)CC1. The Labute approximate surface area is 146 Å². The van der Waals surface area contributed by atoms with Gasteiger partial charge in [-0.1, -0.05) is 19.4 Å². The van der Waals surface area contributed by atoms with Gasteiger partial charge in [-0.25, -0.2) is 0 Å². The first kappa shape index (κ1) is 18.6. The van der Waals surface area contributed by atoms with Gasteiger partial charge in [-0.3, -0.25) is 4.79 Å². The molecule has 0 bridgehead atoms.